The maximum absolute atomic E-state index is 14.8. The van der Waals surface area contributed by atoms with Gasteiger partial charge in [0.2, 0.25) is 0 Å². The monoisotopic (exact) mass is 394 g/mol. The molecule has 130 valence electrons. The average Bonchev–Trinajstić information content (AvgIpc) is 2.98. The van der Waals surface area contributed by atoms with Crippen molar-refractivity contribution >= 4 is 40.1 Å². The molecule has 1 heterocycles. The Balaban J connectivity index is 1.87. The van der Waals surface area contributed by atoms with Gasteiger partial charge in [0, 0.05) is 21.4 Å². The first-order valence-electron chi connectivity index (χ1n) is 8.22. The SMILES string of the molecule is NC1=NC2(c3cc(-c4cc(Cl)cc(Cl)c4)ccc3F)CCCC2CS1. The fourth-order valence-electron chi connectivity index (χ4n) is 4.02. The first-order chi connectivity index (χ1) is 12.0. The van der Waals surface area contributed by atoms with Crippen molar-refractivity contribution in [3.05, 3.63) is 57.8 Å². The zero-order valence-electron chi connectivity index (χ0n) is 13.4. The Morgan fingerprint density at radius 3 is 2.64 bits per heavy atom. The molecule has 2 nitrogen and oxygen atoms in total. The number of hydrogen-bond donors (Lipinski definition) is 1. The summed E-state index contributed by atoms with van der Waals surface area (Å²) in [4.78, 5) is 4.74. The molecule has 2 N–H and O–H groups in total. The molecule has 6 heteroatoms. The van der Waals surface area contributed by atoms with Crippen LogP contribution in [0, 0.1) is 11.7 Å². The average molecular weight is 395 g/mol. The summed E-state index contributed by atoms with van der Waals surface area (Å²) in [5.74, 6) is 0.979. The number of hydrogen-bond acceptors (Lipinski definition) is 3. The van der Waals surface area contributed by atoms with Crippen LogP contribution in [0.3, 0.4) is 0 Å². The summed E-state index contributed by atoms with van der Waals surface area (Å²) < 4.78 is 14.8. The molecule has 0 spiro atoms. The Labute approximate surface area is 160 Å². The fourth-order valence-corrected chi connectivity index (χ4v) is 5.58. The third-order valence-corrected chi connectivity index (χ3v) is 6.55. The molecule has 2 aromatic carbocycles. The quantitative estimate of drug-likeness (QED) is 0.692. The highest BCUT2D eigenvalue weighted by atomic mass is 35.5. The Hall–Kier alpha value is -1.23. The molecule has 1 aliphatic heterocycles. The number of halogens is 3. The molecule has 2 aliphatic rings. The van der Waals surface area contributed by atoms with E-state index in [4.69, 9.17) is 33.9 Å². The van der Waals surface area contributed by atoms with Gasteiger partial charge in [-0.15, -0.1) is 0 Å². The van der Waals surface area contributed by atoms with E-state index in [0.29, 0.717) is 26.7 Å². The minimum absolute atomic E-state index is 0.229. The van der Waals surface area contributed by atoms with Crippen molar-refractivity contribution in [1.29, 1.82) is 0 Å². The molecule has 1 saturated carbocycles. The highest BCUT2D eigenvalue weighted by molar-refractivity contribution is 8.13. The number of fused-ring (bicyclic) bond motifs is 1. The van der Waals surface area contributed by atoms with E-state index in [-0.39, 0.29) is 5.82 Å². The number of thioether (sulfide) groups is 1. The highest BCUT2D eigenvalue weighted by Gasteiger charge is 2.48. The number of nitrogens with zero attached hydrogens (tertiary/aromatic N) is 1. The predicted molar refractivity (Wildman–Crippen MR) is 105 cm³/mol. The maximum atomic E-state index is 14.8. The van der Waals surface area contributed by atoms with Crippen LogP contribution >= 0.6 is 35.0 Å². The van der Waals surface area contributed by atoms with Gasteiger partial charge in [-0.2, -0.15) is 0 Å². The summed E-state index contributed by atoms with van der Waals surface area (Å²) in [5, 5.41) is 1.66. The van der Waals surface area contributed by atoms with Crippen molar-refractivity contribution in [1.82, 2.24) is 0 Å². The molecular formula is C19H17Cl2FN2S. The molecule has 1 aliphatic carbocycles. The number of benzene rings is 2. The summed E-state index contributed by atoms with van der Waals surface area (Å²) in [5.41, 5.74) is 7.84. The lowest BCUT2D eigenvalue weighted by Crippen LogP contribution is -2.37. The molecule has 0 amide bonds. The van der Waals surface area contributed by atoms with Crippen LogP contribution in [0.5, 0.6) is 0 Å². The van der Waals surface area contributed by atoms with Crippen molar-refractivity contribution in [2.45, 2.75) is 24.8 Å². The van der Waals surface area contributed by atoms with Crippen LogP contribution in [0.15, 0.2) is 41.4 Å². The van der Waals surface area contributed by atoms with Crippen LogP contribution in [-0.4, -0.2) is 10.9 Å². The number of amidine groups is 1. The van der Waals surface area contributed by atoms with E-state index in [2.05, 4.69) is 0 Å². The minimum Gasteiger partial charge on any atom is -0.379 e. The van der Waals surface area contributed by atoms with Crippen LogP contribution in [0.1, 0.15) is 24.8 Å². The van der Waals surface area contributed by atoms with Gasteiger partial charge in [0.1, 0.15) is 5.82 Å². The second-order valence-electron chi connectivity index (χ2n) is 6.63. The van der Waals surface area contributed by atoms with Crippen LogP contribution in [0.4, 0.5) is 4.39 Å². The topological polar surface area (TPSA) is 38.4 Å². The van der Waals surface area contributed by atoms with Gasteiger partial charge < -0.3 is 5.73 Å². The van der Waals surface area contributed by atoms with Crippen LogP contribution in [0.25, 0.3) is 11.1 Å². The van der Waals surface area contributed by atoms with Gasteiger partial charge in [-0.3, -0.25) is 4.99 Å². The molecule has 2 aromatic rings. The van der Waals surface area contributed by atoms with E-state index in [0.717, 1.165) is 36.1 Å². The van der Waals surface area contributed by atoms with E-state index < -0.39 is 5.54 Å². The fraction of sp³-hybridized carbons (Fsp3) is 0.316. The molecule has 1 fully saturated rings. The molecule has 25 heavy (non-hydrogen) atoms. The summed E-state index contributed by atoms with van der Waals surface area (Å²) in [6.45, 7) is 0. The van der Waals surface area contributed by atoms with Gasteiger partial charge in [-0.05, 0) is 60.2 Å². The third kappa shape index (κ3) is 3.05. The Kier molecular flexibility index (Phi) is 4.47. The molecule has 4 rings (SSSR count). The first-order valence-corrected chi connectivity index (χ1v) is 9.97. The van der Waals surface area contributed by atoms with Crippen molar-refractivity contribution in [2.24, 2.45) is 16.6 Å². The van der Waals surface area contributed by atoms with Crippen molar-refractivity contribution in [3.8, 4) is 11.1 Å². The zero-order chi connectivity index (χ0) is 17.6. The lowest BCUT2D eigenvalue weighted by Gasteiger charge is -2.36. The second kappa shape index (κ2) is 6.49. The van der Waals surface area contributed by atoms with E-state index in [1.807, 2.05) is 18.2 Å². The molecule has 0 radical (unpaired) electrons. The summed E-state index contributed by atoms with van der Waals surface area (Å²) in [7, 11) is 0. The zero-order valence-corrected chi connectivity index (χ0v) is 15.8. The molecule has 0 bridgehead atoms. The Bertz CT molecular complexity index is 850. The Morgan fingerprint density at radius 1 is 1.12 bits per heavy atom. The van der Waals surface area contributed by atoms with Crippen molar-refractivity contribution < 1.29 is 4.39 Å². The van der Waals surface area contributed by atoms with Gasteiger partial charge in [-0.25, -0.2) is 4.39 Å². The van der Waals surface area contributed by atoms with Crippen LogP contribution < -0.4 is 5.73 Å². The molecular weight excluding hydrogens is 378 g/mol. The minimum atomic E-state index is -0.544. The smallest absolute Gasteiger partial charge is 0.154 e. The van der Waals surface area contributed by atoms with Gasteiger partial charge in [0.25, 0.3) is 0 Å². The first kappa shape index (κ1) is 17.2. The van der Waals surface area contributed by atoms with Gasteiger partial charge >= 0.3 is 0 Å². The molecule has 2 atom stereocenters. The normalized spacial score (nSPS) is 25.6. The van der Waals surface area contributed by atoms with Crippen molar-refractivity contribution in [3.63, 3.8) is 0 Å². The van der Waals surface area contributed by atoms with E-state index >= 15 is 0 Å². The standard InChI is InChI=1S/C19H17Cl2FN2S/c20-14-6-12(7-15(21)9-14)11-3-4-17(22)16(8-11)19-5-1-2-13(19)10-25-18(23)24-19/h3-4,6-9,13H,1-2,5,10H2,(H2,23,24). The third-order valence-electron chi connectivity index (χ3n) is 5.16. The predicted octanol–water partition coefficient (Wildman–Crippen LogP) is 5.86. The largest absolute Gasteiger partial charge is 0.379 e. The second-order valence-corrected chi connectivity index (χ2v) is 8.54. The summed E-state index contributed by atoms with van der Waals surface area (Å²) in [6, 6.07) is 10.5. The van der Waals surface area contributed by atoms with E-state index in [1.165, 1.54) is 6.07 Å². The van der Waals surface area contributed by atoms with Gasteiger partial charge in [0.05, 0.1) is 5.54 Å². The number of nitrogens with two attached hydrogens (primary N) is 1. The lowest BCUT2D eigenvalue weighted by atomic mass is 9.80. The summed E-state index contributed by atoms with van der Waals surface area (Å²) in [6.07, 6.45) is 2.92. The highest BCUT2D eigenvalue weighted by Crippen LogP contribution is 2.51. The molecule has 2 unspecified atom stereocenters. The van der Waals surface area contributed by atoms with Gasteiger partial charge in [-0.1, -0.05) is 47.5 Å². The van der Waals surface area contributed by atoms with E-state index in [1.54, 1.807) is 23.9 Å². The molecule has 0 saturated heterocycles. The van der Waals surface area contributed by atoms with Crippen molar-refractivity contribution in [2.75, 3.05) is 5.75 Å². The number of rotatable bonds is 2. The van der Waals surface area contributed by atoms with Gasteiger partial charge in [0.15, 0.2) is 5.17 Å². The summed E-state index contributed by atoms with van der Waals surface area (Å²) >= 11 is 13.8. The Morgan fingerprint density at radius 2 is 1.88 bits per heavy atom. The van der Waals surface area contributed by atoms with E-state index in [9.17, 15) is 4.39 Å². The van der Waals surface area contributed by atoms with Crippen LogP contribution in [-0.2, 0) is 5.54 Å². The van der Waals surface area contributed by atoms with Crippen LogP contribution in [0.2, 0.25) is 10.0 Å². The maximum Gasteiger partial charge on any atom is 0.154 e. The lowest BCUT2D eigenvalue weighted by molar-refractivity contribution is 0.341. The molecule has 0 aromatic heterocycles. The number of aliphatic imine (C=N–C) groups is 1.